The van der Waals surface area contributed by atoms with Crippen LogP contribution in [0.5, 0.6) is 10.8 Å². The predicted octanol–water partition coefficient (Wildman–Crippen LogP) is 5.78. The first-order valence-corrected chi connectivity index (χ1v) is 9.33. The lowest BCUT2D eigenvalue weighted by Gasteiger charge is -2.08. The Bertz CT molecular complexity index is 1020. The fraction of sp³-hybridized carbons (Fsp3) is 0.0476. The van der Waals surface area contributed by atoms with E-state index in [-0.39, 0.29) is 0 Å². The number of rotatable bonds is 6. The molecule has 0 aliphatic heterocycles. The molecule has 5 nitrogen and oxygen atoms in total. The first-order valence-electron chi connectivity index (χ1n) is 8.52. The van der Waals surface area contributed by atoms with Crippen LogP contribution in [0.25, 0.3) is 11.3 Å². The molecule has 0 bridgehead atoms. The van der Waals surface area contributed by atoms with Crippen molar-refractivity contribution < 1.29 is 4.74 Å². The summed E-state index contributed by atoms with van der Waals surface area (Å²) in [5.41, 5.74) is 2.81. The lowest BCUT2D eigenvalue weighted by Crippen LogP contribution is -1.93. The number of hydrogen-bond acceptors (Lipinski definition) is 6. The number of hydrogen-bond donors (Lipinski definition) is 2. The van der Waals surface area contributed by atoms with Gasteiger partial charge in [-0.3, -0.25) is 0 Å². The molecular formula is C21H18N4OS. The average molecular weight is 374 g/mol. The Morgan fingerprint density at radius 1 is 0.926 bits per heavy atom. The van der Waals surface area contributed by atoms with Crippen molar-refractivity contribution >= 4 is 28.0 Å². The number of benzene rings is 2. The summed E-state index contributed by atoms with van der Waals surface area (Å²) in [4.78, 5) is 9.00. The van der Waals surface area contributed by atoms with Gasteiger partial charge in [0.15, 0.2) is 5.13 Å². The van der Waals surface area contributed by atoms with Gasteiger partial charge < -0.3 is 15.4 Å². The van der Waals surface area contributed by atoms with Crippen LogP contribution in [-0.2, 0) is 0 Å². The SMILES string of the molecule is CNc1nc(-c2ccccc2)c(Oc2ccnc(Nc3ccccc3)c2)s1. The van der Waals surface area contributed by atoms with Crippen molar-refractivity contribution in [1.82, 2.24) is 9.97 Å². The fourth-order valence-electron chi connectivity index (χ4n) is 2.58. The highest BCUT2D eigenvalue weighted by atomic mass is 32.1. The van der Waals surface area contributed by atoms with Crippen molar-refractivity contribution in [1.29, 1.82) is 0 Å². The van der Waals surface area contributed by atoms with Crippen LogP contribution in [-0.4, -0.2) is 17.0 Å². The molecule has 0 spiro atoms. The minimum absolute atomic E-state index is 0.701. The largest absolute Gasteiger partial charge is 0.444 e. The maximum absolute atomic E-state index is 6.16. The third-order valence-electron chi connectivity index (χ3n) is 3.85. The molecule has 2 aromatic heterocycles. The molecule has 2 N–H and O–H groups in total. The van der Waals surface area contributed by atoms with Crippen LogP contribution in [0.1, 0.15) is 0 Å². The first-order chi connectivity index (χ1) is 13.3. The van der Waals surface area contributed by atoms with Gasteiger partial charge in [-0.15, -0.1) is 0 Å². The smallest absolute Gasteiger partial charge is 0.210 e. The van der Waals surface area contributed by atoms with Crippen LogP contribution in [0.4, 0.5) is 16.6 Å². The monoisotopic (exact) mass is 374 g/mol. The summed E-state index contributed by atoms with van der Waals surface area (Å²) in [6, 6.07) is 23.6. The van der Waals surface area contributed by atoms with Crippen molar-refractivity contribution in [3.63, 3.8) is 0 Å². The Morgan fingerprint density at radius 2 is 1.67 bits per heavy atom. The molecule has 0 saturated carbocycles. The highest BCUT2D eigenvalue weighted by Crippen LogP contribution is 2.40. The van der Waals surface area contributed by atoms with Gasteiger partial charge in [-0.05, 0) is 18.2 Å². The number of thiazole rings is 1. The summed E-state index contributed by atoms with van der Waals surface area (Å²) in [5, 5.41) is 7.91. The zero-order valence-corrected chi connectivity index (χ0v) is 15.5. The molecule has 4 rings (SSSR count). The van der Waals surface area contributed by atoms with Crippen molar-refractivity contribution in [2.75, 3.05) is 17.7 Å². The molecule has 0 unspecified atom stereocenters. The molecule has 0 aliphatic carbocycles. The molecule has 4 aromatic rings. The van der Waals surface area contributed by atoms with Gasteiger partial charge in [0.1, 0.15) is 17.3 Å². The Labute approximate surface area is 161 Å². The molecular weight excluding hydrogens is 356 g/mol. The Morgan fingerprint density at radius 3 is 2.41 bits per heavy atom. The minimum atomic E-state index is 0.701. The molecule has 6 heteroatoms. The van der Waals surface area contributed by atoms with Crippen molar-refractivity contribution in [3.8, 4) is 22.1 Å². The number of ether oxygens (including phenoxy) is 1. The summed E-state index contributed by atoms with van der Waals surface area (Å²) >= 11 is 1.47. The topological polar surface area (TPSA) is 59.1 Å². The van der Waals surface area contributed by atoms with E-state index >= 15 is 0 Å². The molecule has 134 valence electrons. The van der Waals surface area contributed by atoms with E-state index in [1.165, 1.54) is 11.3 Å². The highest BCUT2D eigenvalue weighted by molar-refractivity contribution is 7.17. The Balaban J connectivity index is 1.61. The predicted molar refractivity (Wildman–Crippen MR) is 111 cm³/mol. The normalized spacial score (nSPS) is 10.4. The lowest BCUT2D eigenvalue weighted by molar-refractivity contribution is 0.496. The van der Waals surface area contributed by atoms with E-state index in [4.69, 9.17) is 4.74 Å². The third-order valence-corrected chi connectivity index (χ3v) is 4.80. The third kappa shape index (κ3) is 4.07. The maximum Gasteiger partial charge on any atom is 0.210 e. The number of pyridine rings is 1. The van der Waals surface area contributed by atoms with E-state index in [1.807, 2.05) is 79.8 Å². The van der Waals surface area contributed by atoms with Crippen LogP contribution in [0.2, 0.25) is 0 Å². The van der Waals surface area contributed by atoms with E-state index < -0.39 is 0 Å². The second-order valence-corrected chi connectivity index (χ2v) is 6.70. The van der Waals surface area contributed by atoms with Gasteiger partial charge in [0.05, 0.1) is 0 Å². The molecule has 0 radical (unpaired) electrons. The van der Waals surface area contributed by atoms with E-state index in [1.54, 1.807) is 6.20 Å². The molecule has 2 aromatic carbocycles. The molecule has 2 heterocycles. The van der Waals surface area contributed by atoms with Crippen molar-refractivity contribution in [3.05, 3.63) is 79.0 Å². The molecule has 0 saturated heterocycles. The molecule has 0 fully saturated rings. The second-order valence-electron chi connectivity index (χ2n) is 5.74. The summed E-state index contributed by atoms with van der Waals surface area (Å²) in [6.07, 6.45) is 1.73. The van der Waals surface area contributed by atoms with Gasteiger partial charge in [0.25, 0.3) is 0 Å². The summed E-state index contributed by atoms with van der Waals surface area (Å²) in [6.45, 7) is 0. The number of nitrogens with zero attached hydrogens (tertiary/aromatic N) is 2. The molecule has 0 atom stereocenters. The zero-order chi connectivity index (χ0) is 18.5. The Kier molecular flexibility index (Phi) is 4.98. The average Bonchev–Trinajstić information content (AvgIpc) is 3.13. The van der Waals surface area contributed by atoms with Crippen LogP contribution in [0, 0.1) is 0 Å². The lowest BCUT2D eigenvalue weighted by atomic mass is 10.2. The quantitative estimate of drug-likeness (QED) is 0.448. The van der Waals surface area contributed by atoms with Gasteiger partial charge in [0, 0.05) is 30.6 Å². The number of nitrogens with one attached hydrogen (secondary N) is 2. The first kappa shape index (κ1) is 17.1. The summed E-state index contributed by atoms with van der Waals surface area (Å²) < 4.78 is 6.16. The van der Waals surface area contributed by atoms with Crippen molar-refractivity contribution in [2.24, 2.45) is 0 Å². The van der Waals surface area contributed by atoms with E-state index in [0.29, 0.717) is 5.75 Å². The van der Waals surface area contributed by atoms with Crippen LogP contribution < -0.4 is 15.4 Å². The maximum atomic E-state index is 6.16. The Hall–Kier alpha value is -3.38. The van der Waals surface area contributed by atoms with Gasteiger partial charge in [-0.1, -0.05) is 59.9 Å². The van der Waals surface area contributed by atoms with Gasteiger partial charge >= 0.3 is 0 Å². The van der Waals surface area contributed by atoms with Gasteiger partial charge in [-0.2, -0.15) is 0 Å². The second kappa shape index (κ2) is 7.88. The molecule has 0 aliphatic rings. The van der Waals surface area contributed by atoms with Gasteiger partial charge in [-0.25, -0.2) is 9.97 Å². The number of aromatic nitrogens is 2. The summed E-state index contributed by atoms with van der Waals surface area (Å²) in [7, 11) is 1.85. The van der Waals surface area contributed by atoms with Gasteiger partial charge in [0.2, 0.25) is 5.06 Å². The van der Waals surface area contributed by atoms with Crippen LogP contribution >= 0.6 is 11.3 Å². The number of para-hydroxylation sites is 1. The van der Waals surface area contributed by atoms with Crippen molar-refractivity contribution in [2.45, 2.75) is 0 Å². The van der Waals surface area contributed by atoms with E-state index in [2.05, 4.69) is 20.6 Å². The number of anilines is 3. The molecule has 0 amide bonds. The minimum Gasteiger partial charge on any atom is -0.444 e. The fourth-order valence-corrected chi connectivity index (χ4v) is 3.39. The van der Waals surface area contributed by atoms with Crippen LogP contribution in [0.15, 0.2) is 79.0 Å². The summed E-state index contributed by atoms with van der Waals surface area (Å²) in [5.74, 6) is 1.42. The highest BCUT2D eigenvalue weighted by Gasteiger charge is 2.15. The standard InChI is InChI=1S/C21H18N4OS/c1-22-21-25-19(15-8-4-2-5-9-15)20(27-21)26-17-12-13-23-18(14-17)24-16-10-6-3-7-11-16/h2-14H,1H3,(H,22,25)(H,23,24). The zero-order valence-electron chi connectivity index (χ0n) is 14.7. The van der Waals surface area contributed by atoms with E-state index in [0.717, 1.165) is 33.0 Å². The molecule has 27 heavy (non-hydrogen) atoms. The van der Waals surface area contributed by atoms with Crippen LogP contribution in [0.3, 0.4) is 0 Å². The van der Waals surface area contributed by atoms with E-state index in [9.17, 15) is 0 Å².